The van der Waals surface area contributed by atoms with Crippen LogP contribution in [0.15, 0.2) is 48.5 Å². The van der Waals surface area contributed by atoms with Crippen LogP contribution in [0, 0.1) is 6.92 Å². The van der Waals surface area contributed by atoms with E-state index in [1.54, 1.807) is 0 Å². The van der Waals surface area contributed by atoms with E-state index in [9.17, 15) is 5.11 Å². The van der Waals surface area contributed by atoms with Crippen molar-refractivity contribution in [1.82, 2.24) is 9.80 Å². The Kier molecular flexibility index (Phi) is 8.62. The lowest BCUT2D eigenvalue weighted by Gasteiger charge is -2.27. The number of rotatable bonds is 9. The molecule has 0 aliphatic carbocycles. The van der Waals surface area contributed by atoms with Crippen LogP contribution in [0.1, 0.15) is 30.4 Å². The topological polar surface area (TPSA) is 54.4 Å². The van der Waals surface area contributed by atoms with Crippen molar-refractivity contribution in [2.75, 3.05) is 59.2 Å². The van der Waals surface area contributed by atoms with Crippen molar-refractivity contribution in [2.24, 2.45) is 0 Å². The molecule has 180 valence electrons. The molecule has 2 heterocycles. The molecule has 4 rings (SSSR count). The van der Waals surface area contributed by atoms with E-state index in [0.29, 0.717) is 13.2 Å². The van der Waals surface area contributed by atoms with Gasteiger partial charge in [-0.2, -0.15) is 0 Å². The first-order valence-corrected chi connectivity index (χ1v) is 12.2. The van der Waals surface area contributed by atoms with E-state index in [-0.39, 0.29) is 0 Å². The number of benzene rings is 2. The monoisotopic (exact) mass is 454 g/mol. The van der Waals surface area contributed by atoms with Gasteiger partial charge in [-0.15, -0.1) is 0 Å². The number of nitrogens with zero attached hydrogens (tertiary/aromatic N) is 2. The summed E-state index contributed by atoms with van der Waals surface area (Å²) in [4.78, 5) is 4.81. The SMILES string of the molecule is Cc1ccc(OC[C@@]2(O)CCCN(Cc3ccc(OCCN4CCOCC4)cc3)CC2)cc1. The number of aryl methyl sites for hydroxylation is 1. The molecule has 2 saturated heterocycles. The van der Waals surface area contributed by atoms with Crippen LogP contribution in [0.25, 0.3) is 0 Å². The van der Waals surface area contributed by atoms with Crippen LogP contribution in [0.3, 0.4) is 0 Å². The summed E-state index contributed by atoms with van der Waals surface area (Å²) in [5.41, 5.74) is 1.72. The van der Waals surface area contributed by atoms with E-state index in [4.69, 9.17) is 14.2 Å². The van der Waals surface area contributed by atoms with Gasteiger partial charge in [-0.1, -0.05) is 29.8 Å². The molecule has 1 N–H and O–H groups in total. The Labute approximate surface area is 198 Å². The summed E-state index contributed by atoms with van der Waals surface area (Å²) in [6, 6.07) is 16.5. The Bertz CT molecular complexity index is 836. The Morgan fingerprint density at radius 3 is 2.30 bits per heavy atom. The van der Waals surface area contributed by atoms with Gasteiger partial charge in [-0.3, -0.25) is 9.80 Å². The highest BCUT2D eigenvalue weighted by atomic mass is 16.5. The van der Waals surface area contributed by atoms with E-state index < -0.39 is 5.60 Å². The van der Waals surface area contributed by atoms with Crippen LogP contribution in [0.2, 0.25) is 0 Å². The molecular weight excluding hydrogens is 416 g/mol. The summed E-state index contributed by atoms with van der Waals surface area (Å²) in [6.07, 6.45) is 2.46. The van der Waals surface area contributed by atoms with Crippen LogP contribution in [0.4, 0.5) is 0 Å². The number of likely N-dealkylation sites (tertiary alicyclic amines) is 1. The first kappa shape index (κ1) is 24.0. The summed E-state index contributed by atoms with van der Waals surface area (Å²) in [6.45, 7) is 10.4. The number of morpholine rings is 1. The smallest absolute Gasteiger partial charge is 0.119 e. The van der Waals surface area contributed by atoms with Gasteiger partial charge in [0.15, 0.2) is 0 Å². The van der Waals surface area contributed by atoms with Crippen LogP contribution in [0.5, 0.6) is 11.5 Å². The van der Waals surface area contributed by atoms with Crippen LogP contribution in [-0.2, 0) is 11.3 Å². The predicted octanol–water partition coefficient (Wildman–Crippen LogP) is 3.50. The molecule has 0 bridgehead atoms. The molecule has 2 aliphatic rings. The van der Waals surface area contributed by atoms with Gasteiger partial charge in [-0.05, 0) is 62.6 Å². The van der Waals surface area contributed by atoms with Gasteiger partial charge in [0.2, 0.25) is 0 Å². The number of aliphatic hydroxyl groups is 1. The molecule has 2 aromatic carbocycles. The fourth-order valence-corrected chi connectivity index (χ4v) is 4.46. The Morgan fingerprint density at radius 1 is 0.848 bits per heavy atom. The lowest BCUT2D eigenvalue weighted by molar-refractivity contribution is -0.0168. The molecule has 1 atom stereocenters. The van der Waals surface area contributed by atoms with Gasteiger partial charge in [0, 0.05) is 32.7 Å². The zero-order chi connectivity index (χ0) is 22.9. The van der Waals surface area contributed by atoms with Gasteiger partial charge in [0.05, 0.1) is 18.8 Å². The van der Waals surface area contributed by atoms with Crippen molar-refractivity contribution in [3.8, 4) is 11.5 Å². The van der Waals surface area contributed by atoms with E-state index in [2.05, 4.69) is 41.0 Å². The maximum atomic E-state index is 11.1. The van der Waals surface area contributed by atoms with Crippen molar-refractivity contribution in [2.45, 2.75) is 38.3 Å². The normalized spacial score (nSPS) is 22.6. The van der Waals surface area contributed by atoms with Crippen molar-refractivity contribution in [3.63, 3.8) is 0 Å². The molecule has 0 unspecified atom stereocenters. The minimum Gasteiger partial charge on any atom is -0.492 e. The second-order valence-corrected chi connectivity index (χ2v) is 9.40. The molecule has 0 radical (unpaired) electrons. The fraction of sp³-hybridized carbons (Fsp3) is 0.556. The highest BCUT2D eigenvalue weighted by molar-refractivity contribution is 5.27. The molecule has 2 aliphatic heterocycles. The number of hydrogen-bond donors (Lipinski definition) is 1. The molecule has 0 amide bonds. The van der Waals surface area contributed by atoms with E-state index >= 15 is 0 Å². The first-order valence-electron chi connectivity index (χ1n) is 12.2. The average molecular weight is 455 g/mol. The summed E-state index contributed by atoms with van der Waals surface area (Å²) < 4.78 is 17.2. The quantitative estimate of drug-likeness (QED) is 0.626. The Balaban J connectivity index is 1.19. The zero-order valence-electron chi connectivity index (χ0n) is 19.9. The van der Waals surface area contributed by atoms with Crippen LogP contribution < -0.4 is 9.47 Å². The maximum absolute atomic E-state index is 11.1. The Morgan fingerprint density at radius 2 is 1.55 bits per heavy atom. The number of hydrogen-bond acceptors (Lipinski definition) is 6. The highest BCUT2D eigenvalue weighted by Gasteiger charge is 2.31. The van der Waals surface area contributed by atoms with E-state index in [0.717, 1.165) is 83.2 Å². The van der Waals surface area contributed by atoms with Crippen LogP contribution in [-0.4, -0.2) is 79.7 Å². The van der Waals surface area contributed by atoms with E-state index in [1.807, 2.05) is 24.3 Å². The lowest BCUT2D eigenvalue weighted by atomic mass is 9.96. The van der Waals surface area contributed by atoms with Crippen molar-refractivity contribution in [1.29, 1.82) is 0 Å². The summed E-state index contributed by atoms with van der Waals surface area (Å²) >= 11 is 0. The van der Waals surface area contributed by atoms with E-state index in [1.165, 1.54) is 11.1 Å². The van der Waals surface area contributed by atoms with Crippen molar-refractivity contribution >= 4 is 0 Å². The lowest BCUT2D eigenvalue weighted by Crippen LogP contribution is -2.38. The molecule has 33 heavy (non-hydrogen) atoms. The standard InChI is InChI=1S/C27H38N2O4/c1-23-3-7-26(8-4-23)33-22-27(30)11-2-13-29(14-12-27)21-24-5-9-25(10-6-24)32-20-17-28-15-18-31-19-16-28/h3-10,30H,2,11-22H2,1H3/t27-/m1/s1. The summed E-state index contributed by atoms with van der Waals surface area (Å²) in [5.74, 6) is 1.74. The average Bonchev–Trinajstić information content (AvgIpc) is 3.02. The third-order valence-electron chi connectivity index (χ3n) is 6.65. The zero-order valence-corrected chi connectivity index (χ0v) is 19.9. The van der Waals surface area contributed by atoms with Gasteiger partial charge >= 0.3 is 0 Å². The predicted molar refractivity (Wildman–Crippen MR) is 130 cm³/mol. The second-order valence-electron chi connectivity index (χ2n) is 9.40. The summed E-state index contributed by atoms with van der Waals surface area (Å²) in [5, 5.41) is 11.1. The van der Waals surface area contributed by atoms with Crippen molar-refractivity contribution in [3.05, 3.63) is 59.7 Å². The molecule has 0 saturated carbocycles. The fourth-order valence-electron chi connectivity index (χ4n) is 4.46. The van der Waals surface area contributed by atoms with Crippen LogP contribution >= 0.6 is 0 Å². The first-order chi connectivity index (χ1) is 16.1. The van der Waals surface area contributed by atoms with Gasteiger partial charge in [-0.25, -0.2) is 0 Å². The minimum atomic E-state index is -0.766. The van der Waals surface area contributed by atoms with Gasteiger partial charge < -0.3 is 19.3 Å². The number of ether oxygens (including phenoxy) is 3. The van der Waals surface area contributed by atoms with Gasteiger partial charge in [0.1, 0.15) is 24.7 Å². The Hall–Kier alpha value is -2.12. The van der Waals surface area contributed by atoms with Gasteiger partial charge in [0.25, 0.3) is 0 Å². The second kappa shape index (κ2) is 11.8. The molecule has 0 spiro atoms. The molecule has 6 heteroatoms. The molecular formula is C27H38N2O4. The third kappa shape index (κ3) is 7.71. The largest absolute Gasteiger partial charge is 0.492 e. The molecule has 0 aromatic heterocycles. The van der Waals surface area contributed by atoms with Crippen molar-refractivity contribution < 1.29 is 19.3 Å². The summed E-state index contributed by atoms with van der Waals surface area (Å²) in [7, 11) is 0. The molecule has 2 fully saturated rings. The highest BCUT2D eigenvalue weighted by Crippen LogP contribution is 2.25. The molecule has 2 aromatic rings. The maximum Gasteiger partial charge on any atom is 0.119 e. The minimum absolute atomic E-state index is 0.348. The third-order valence-corrected chi connectivity index (χ3v) is 6.65. The molecule has 6 nitrogen and oxygen atoms in total.